The zero-order valence-electron chi connectivity index (χ0n) is 7.84. The highest BCUT2D eigenvalue weighted by atomic mass is 15.3. The number of hydrogen-bond acceptors (Lipinski definition) is 3. The maximum atomic E-state index is 3.68. The lowest BCUT2D eigenvalue weighted by Crippen LogP contribution is -2.60. The average Bonchev–Trinajstić information content (AvgIpc) is 2.47. The molecule has 0 aromatic carbocycles. The summed E-state index contributed by atoms with van der Waals surface area (Å²) >= 11 is 0. The molecule has 0 saturated carbocycles. The standard InChI is InChI=1S/C9H19N3/c1-2-12-6-9(7-12)11-8-3-4-10-5-8/h8-11H,2-7H2,1H3. The summed E-state index contributed by atoms with van der Waals surface area (Å²) in [7, 11) is 0. The molecule has 2 N–H and O–H groups in total. The molecule has 3 nitrogen and oxygen atoms in total. The molecule has 70 valence electrons. The van der Waals surface area contributed by atoms with E-state index in [9.17, 15) is 0 Å². The van der Waals surface area contributed by atoms with E-state index >= 15 is 0 Å². The van der Waals surface area contributed by atoms with Crippen LogP contribution in [0, 0.1) is 0 Å². The minimum atomic E-state index is 0.744. The van der Waals surface area contributed by atoms with Crippen LogP contribution in [-0.4, -0.2) is 49.7 Å². The summed E-state index contributed by atoms with van der Waals surface area (Å²) in [4.78, 5) is 2.47. The second kappa shape index (κ2) is 3.73. The summed E-state index contributed by atoms with van der Waals surface area (Å²) in [6.45, 7) is 8.32. The van der Waals surface area contributed by atoms with Crippen LogP contribution in [0.25, 0.3) is 0 Å². The van der Waals surface area contributed by atoms with Gasteiger partial charge in [0.05, 0.1) is 0 Å². The minimum Gasteiger partial charge on any atom is -0.315 e. The molecule has 0 amide bonds. The molecule has 1 atom stereocenters. The number of likely N-dealkylation sites (tertiary alicyclic amines) is 1. The average molecular weight is 169 g/mol. The van der Waals surface area contributed by atoms with Crippen molar-refractivity contribution in [1.29, 1.82) is 0 Å². The highest BCUT2D eigenvalue weighted by Crippen LogP contribution is 2.09. The Morgan fingerprint density at radius 3 is 2.83 bits per heavy atom. The molecule has 1 unspecified atom stereocenters. The summed E-state index contributed by atoms with van der Waals surface area (Å²) in [5, 5.41) is 7.05. The Balaban J connectivity index is 1.62. The molecule has 0 aliphatic carbocycles. The van der Waals surface area contributed by atoms with Gasteiger partial charge in [-0.2, -0.15) is 0 Å². The first-order valence-electron chi connectivity index (χ1n) is 5.07. The van der Waals surface area contributed by atoms with Gasteiger partial charge in [-0.1, -0.05) is 6.92 Å². The van der Waals surface area contributed by atoms with E-state index in [1.54, 1.807) is 0 Å². The lowest BCUT2D eigenvalue weighted by Gasteiger charge is -2.40. The minimum absolute atomic E-state index is 0.744. The highest BCUT2D eigenvalue weighted by molar-refractivity contribution is 4.89. The van der Waals surface area contributed by atoms with Crippen molar-refractivity contribution < 1.29 is 0 Å². The van der Waals surface area contributed by atoms with Crippen molar-refractivity contribution in [3.8, 4) is 0 Å². The quantitative estimate of drug-likeness (QED) is 0.604. The van der Waals surface area contributed by atoms with Crippen LogP contribution in [0.3, 0.4) is 0 Å². The van der Waals surface area contributed by atoms with E-state index in [-0.39, 0.29) is 0 Å². The maximum Gasteiger partial charge on any atom is 0.0325 e. The molecule has 0 aromatic heterocycles. The Bertz CT molecular complexity index is 137. The highest BCUT2D eigenvalue weighted by Gasteiger charge is 2.27. The van der Waals surface area contributed by atoms with E-state index in [0.717, 1.165) is 12.1 Å². The van der Waals surface area contributed by atoms with Gasteiger partial charge in [0.1, 0.15) is 0 Å². The third-order valence-corrected chi connectivity index (χ3v) is 2.94. The summed E-state index contributed by atoms with van der Waals surface area (Å²) in [6.07, 6.45) is 1.31. The van der Waals surface area contributed by atoms with Crippen molar-refractivity contribution in [2.24, 2.45) is 0 Å². The van der Waals surface area contributed by atoms with Gasteiger partial charge in [-0.3, -0.25) is 0 Å². The Labute approximate surface area is 74.5 Å². The number of nitrogens with zero attached hydrogens (tertiary/aromatic N) is 1. The van der Waals surface area contributed by atoms with E-state index in [2.05, 4.69) is 22.5 Å². The monoisotopic (exact) mass is 169 g/mol. The molecule has 12 heavy (non-hydrogen) atoms. The maximum absolute atomic E-state index is 3.68. The first kappa shape index (κ1) is 8.48. The van der Waals surface area contributed by atoms with E-state index in [1.165, 1.54) is 39.1 Å². The Hall–Kier alpha value is -0.120. The summed E-state index contributed by atoms with van der Waals surface area (Å²) in [6, 6.07) is 1.52. The number of likely N-dealkylation sites (N-methyl/N-ethyl adjacent to an activating group) is 1. The number of hydrogen-bond donors (Lipinski definition) is 2. The molecule has 2 heterocycles. The largest absolute Gasteiger partial charge is 0.315 e. The van der Waals surface area contributed by atoms with Gasteiger partial charge in [0.15, 0.2) is 0 Å². The summed E-state index contributed by atoms with van der Waals surface area (Å²) < 4.78 is 0. The molecule has 2 rings (SSSR count). The zero-order chi connectivity index (χ0) is 8.39. The van der Waals surface area contributed by atoms with Crippen molar-refractivity contribution in [2.45, 2.75) is 25.4 Å². The van der Waals surface area contributed by atoms with Gasteiger partial charge < -0.3 is 15.5 Å². The molecular weight excluding hydrogens is 150 g/mol. The van der Waals surface area contributed by atoms with Gasteiger partial charge in [-0.15, -0.1) is 0 Å². The molecule has 3 heteroatoms. The van der Waals surface area contributed by atoms with Crippen LogP contribution in [0.4, 0.5) is 0 Å². The smallest absolute Gasteiger partial charge is 0.0325 e. The predicted octanol–water partition coefficient (Wildman–Crippen LogP) is -0.358. The van der Waals surface area contributed by atoms with E-state index in [1.807, 2.05) is 0 Å². The zero-order valence-corrected chi connectivity index (χ0v) is 7.84. The second-order valence-corrected chi connectivity index (χ2v) is 3.91. The van der Waals surface area contributed by atoms with Gasteiger partial charge in [0.2, 0.25) is 0 Å². The van der Waals surface area contributed by atoms with Gasteiger partial charge in [0, 0.05) is 31.7 Å². The van der Waals surface area contributed by atoms with Crippen LogP contribution in [0.5, 0.6) is 0 Å². The molecule has 2 aliphatic heterocycles. The third kappa shape index (κ3) is 1.79. The van der Waals surface area contributed by atoms with Crippen molar-refractivity contribution in [2.75, 3.05) is 32.7 Å². The summed E-state index contributed by atoms with van der Waals surface area (Å²) in [5.41, 5.74) is 0. The van der Waals surface area contributed by atoms with E-state index in [0.29, 0.717) is 0 Å². The van der Waals surface area contributed by atoms with Crippen LogP contribution in [0.1, 0.15) is 13.3 Å². The van der Waals surface area contributed by atoms with Gasteiger partial charge in [0.25, 0.3) is 0 Å². The third-order valence-electron chi connectivity index (χ3n) is 2.94. The molecule has 2 saturated heterocycles. The summed E-state index contributed by atoms with van der Waals surface area (Å²) in [5.74, 6) is 0. The van der Waals surface area contributed by atoms with Gasteiger partial charge in [-0.05, 0) is 19.5 Å². The fraction of sp³-hybridized carbons (Fsp3) is 1.00. The van der Waals surface area contributed by atoms with Crippen molar-refractivity contribution in [1.82, 2.24) is 15.5 Å². The Kier molecular flexibility index (Phi) is 2.63. The van der Waals surface area contributed by atoms with Crippen molar-refractivity contribution >= 4 is 0 Å². The van der Waals surface area contributed by atoms with Crippen LogP contribution in [-0.2, 0) is 0 Å². The van der Waals surface area contributed by atoms with Crippen molar-refractivity contribution in [3.63, 3.8) is 0 Å². The molecule has 0 bridgehead atoms. The topological polar surface area (TPSA) is 27.3 Å². The molecule has 2 aliphatic rings. The first-order chi connectivity index (χ1) is 5.88. The lowest BCUT2D eigenvalue weighted by molar-refractivity contribution is 0.126. The van der Waals surface area contributed by atoms with Gasteiger partial charge in [-0.25, -0.2) is 0 Å². The predicted molar refractivity (Wildman–Crippen MR) is 50.3 cm³/mol. The fourth-order valence-electron chi connectivity index (χ4n) is 2.06. The first-order valence-corrected chi connectivity index (χ1v) is 5.07. The number of nitrogens with one attached hydrogen (secondary N) is 2. The Morgan fingerprint density at radius 2 is 2.25 bits per heavy atom. The van der Waals surface area contributed by atoms with Crippen LogP contribution in [0.15, 0.2) is 0 Å². The molecule has 0 aromatic rings. The lowest BCUT2D eigenvalue weighted by atomic mass is 10.1. The fourth-order valence-corrected chi connectivity index (χ4v) is 2.06. The van der Waals surface area contributed by atoms with Crippen molar-refractivity contribution in [3.05, 3.63) is 0 Å². The van der Waals surface area contributed by atoms with Gasteiger partial charge >= 0.3 is 0 Å². The normalized spacial score (nSPS) is 32.2. The molecule has 0 spiro atoms. The van der Waals surface area contributed by atoms with E-state index in [4.69, 9.17) is 0 Å². The number of rotatable bonds is 3. The second-order valence-electron chi connectivity index (χ2n) is 3.91. The molecule has 2 fully saturated rings. The van der Waals surface area contributed by atoms with Crippen LogP contribution >= 0.6 is 0 Å². The van der Waals surface area contributed by atoms with Crippen LogP contribution < -0.4 is 10.6 Å². The SMILES string of the molecule is CCN1CC(NC2CCNC2)C1. The molecule has 0 radical (unpaired) electrons. The Morgan fingerprint density at radius 1 is 1.42 bits per heavy atom. The molecular formula is C9H19N3. The van der Waals surface area contributed by atoms with E-state index < -0.39 is 0 Å². The van der Waals surface area contributed by atoms with Crippen LogP contribution in [0.2, 0.25) is 0 Å².